The van der Waals surface area contributed by atoms with E-state index in [1.54, 1.807) is 7.11 Å². The molecule has 2 rings (SSSR count). The molecule has 1 heterocycles. The monoisotopic (exact) mass is 290 g/mol. The lowest BCUT2D eigenvalue weighted by Crippen LogP contribution is -2.50. The molecule has 1 aromatic rings. The number of carbonyl (C=O) groups excluding carboxylic acids is 1. The van der Waals surface area contributed by atoms with Crippen molar-refractivity contribution in [2.75, 3.05) is 33.9 Å². The molecule has 1 aromatic carbocycles. The summed E-state index contributed by atoms with van der Waals surface area (Å²) in [4.78, 5) is 14.8. The smallest absolute Gasteiger partial charge is 0.231 e. The summed E-state index contributed by atoms with van der Waals surface area (Å²) in [5.41, 5.74) is 2.07. The summed E-state index contributed by atoms with van der Waals surface area (Å²) in [6.07, 6.45) is 1.69. The van der Waals surface area contributed by atoms with Crippen molar-refractivity contribution >= 4 is 5.91 Å². The molecular formula is C17H26N2O2. The maximum atomic E-state index is 12.9. The third kappa shape index (κ3) is 3.63. The van der Waals surface area contributed by atoms with Crippen LogP contribution in [0.2, 0.25) is 0 Å². The third-order valence-electron chi connectivity index (χ3n) is 4.45. The van der Waals surface area contributed by atoms with Crippen LogP contribution in [0.3, 0.4) is 0 Å². The van der Waals surface area contributed by atoms with Crippen LogP contribution in [0.25, 0.3) is 0 Å². The van der Waals surface area contributed by atoms with Gasteiger partial charge >= 0.3 is 0 Å². The number of amides is 1. The van der Waals surface area contributed by atoms with Crippen LogP contribution in [-0.2, 0) is 16.1 Å². The molecule has 116 valence electrons. The highest BCUT2D eigenvalue weighted by Gasteiger charge is 2.41. The van der Waals surface area contributed by atoms with Gasteiger partial charge in [-0.05, 0) is 44.0 Å². The van der Waals surface area contributed by atoms with E-state index in [1.807, 2.05) is 24.1 Å². The molecule has 1 amide bonds. The molecule has 0 bridgehead atoms. The van der Waals surface area contributed by atoms with Gasteiger partial charge in [-0.3, -0.25) is 4.79 Å². The standard InChI is InChI=1S/C17H26N2O2/c1-14-6-4-5-7-15(14)12-19(2)16(20)17(13-21-3)8-10-18-11-9-17/h4-7,18H,8-13H2,1-3H3. The first-order chi connectivity index (χ1) is 10.1. The van der Waals surface area contributed by atoms with E-state index in [4.69, 9.17) is 4.74 Å². The molecule has 1 aliphatic rings. The lowest BCUT2D eigenvalue weighted by atomic mass is 9.78. The van der Waals surface area contributed by atoms with Crippen molar-refractivity contribution in [1.29, 1.82) is 0 Å². The summed E-state index contributed by atoms with van der Waals surface area (Å²) in [7, 11) is 3.58. The van der Waals surface area contributed by atoms with Crippen molar-refractivity contribution < 1.29 is 9.53 Å². The van der Waals surface area contributed by atoms with Gasteiger partial charge in [0.05, 0.1) is 12.0 Å². The van der Waals surface area contributed by atoms with Gasteiger partial charge in [-0.1, -0.05) is 24.3 Å². The van der Waals surface area contributed by atoms with Gasteiger partial charge < -0.3 is 15.0 Å². The Morgan fingerprint density at radius 3 is 2.62 bits per heavy atom. The number of benzene rings is 1. The summed E-state index contributed by atoms with van der Waals surface area (Å²) < 4.78 is 5.35. The van der Waals surface area contributed by atoms with Crippen LogP contribution in [-0.4, -0.2) is 44.7 Å². The maximum absolute atomic E-state index is 12.9. The van der Waals surface area contributed by atoms with Gasteiger partial charge in [0.2, 0.25) is 5.91 Å². The maximum Gasteiger partial charge on any atom is 0.231 e. The van der Waals surface area contributed by atoms with E-state index in [0.717, 1.165) is 25.9 Å². The van der Waals surface area contributed by atoms with Crippen molar-refractivity contribution in [2.24, 2.45) is 5.41 Å². The number of aryl methyl sites for hydroxylation is 1. The van der Waals surface area contributed by atoms with Gasteiger partial charge in [-0.15, -0.1) is 0 Å². The summed E-state index contributed by atoms with van der Waals surface area (Å²) in [6.45, 7) is 5.01. The number of hydrogen-bond donors (Lipinski definition) is 1. The Balaban J connectivity index is 2.11. The molecule has 1 saturated heterocycles. The van der Waals surface area contributed by atoms with Crippen molar-refractivity contribution in [2.45, 2.75) is 26.3 Å². The number of carbonyl (C=O) groups is 1. The topological polar surface area (TPSA) is 41.6 Å². The fourth-order valence-corrected chi connectivity index (χ4v) is 3.12. The molecule has 21 heavy (non-hydrogen) atoms. The zero-order chi connectivity index (χ0) is 15.3. The van der Waals surface area contributed by atoms with Gasteiger partial charge in [-0.2, -0.15) is 0 Å². The predicted octanol–water partition coefficient (Wildman–Crippen LogP) is 1.97. The predicted molar refractivity (Wildman–Crippen MR) is 84.1 cm³/mol. The first-order valence-electron chi connectivity index (χ1n) is 7.59. The van der Waals surface area contributed by atoms with Crippen molar-refractivity contribution in [1.82, 2.24) is 10.2 Å². The van der Waals surface area contributed by atoms with Gasteiger partial charge in [-0.25, -0.2) is 0 Å². The lowest BCUT2D eigenvalue weighted by Gasteiger charge is -2.38. The van der Waals surface area contributed by atoms with Crippen LogP contribution in [0, 0.1) is 12.3 Å². The molecule has 1 aliphatic heterocycles. The van der Waals surface area contributed by atoms with Gasteiger partial charge in [0.25, 0.3) is 0 Å². The second-order valence-corrected chi connectivity index (χ2v) is 6.05. The number of piperidine rings is 1. The number of nitrogens with one attached hydrogen (secondary N) is 1. The Kier molecular flexibility index (Phi) is 5.37. The molecule has 4 heteroatoms. The summed E-state index contributed by atoms with van der Waals surface area (Å²) >= 11 is 0. The van der Waals surface area contributed by atoms with Crippen LogP contribution in [0.5, 0.6) is 0 Å². The van der Waals surface area contributed by atoms with Crippen LogP contribution in [0.1, 0.15) is 24.0 Å². The molecule has 4 nitrogen and oxygen atoms in total. The first-order valence-corrected chi connectivity index (χ1v) is 7.59. The van der Waals surface area contributed by atoms with E-state index in [9.17, 15) is 4.79 Å². The van der Waals surface area contributed by atoms with Crippen molar-refractivity contribution in [3.05, 3.63) is 35.4 Å². The largest absolute Gasteiger partial charge is 0.384 e. The molecule has 1 N–H and O–H groups in total. The second kappa shape index (κ2) is 7.05. The van der Waals surface area contributed by atoms with Gasteiger partial charge in [0, 0.05) is 20.7 Å². The lowest BCUT2D eigenvalue weighted by molar-refractivity contribution is -0.146. The summed E-state index contributed by atoms with van der Waals surface area (Å²) in [6, 6.07) is 8.23. The van der Waals surface area contributed by atoms with Crippen LogP contribution in [0.15, 0.2) is 24.3 Å². The van der Waals surface area contributed by atoms with Gasteiger partial charge in [0.15, 0.2) is 0 Å². The number of ether oxygens (including phenoxy) is 1. The van der Waals surface area contributed by atoms with Crippen LogP contribution < -0.4 is 5.32 Å². The Morgan fingerprint density at radius 2 is 2.00 bits per heavy atom. The molecule has 0 atom stereocenters. The highest BCUT2D eigenvalue weighted by Crippen LogP contribution is 2.31. The minimum Gasteiger partial charge on any atom is -0.384 e. The highest BCUT2D eigenvalue weighted by molar-refractivity contribution is 5.83. The van der Waals surface area contributed by atoms with E-state index in [1.165, 1.54) is 11.1 Å². The highest BCUT2D eigenvalue weighted by atomic mass is 16.5. The van der Waals surface area contributed by atoms with Crippen molar-refractivity contribution in [3.63, 3.8) is 0 Å². The quantitative estimate of drug-likeness (QED) is 0.901. The van der Waals surface area contributed by atoms with E-state index < -0.39 is 0 Å². The number of methoxy groups -OCH3 is 1. The SMILES string of the molecule is COCC1(C(=O)N(C)Cc2ccccc2C)CCNCC1. The second-order valence-electron chi connectivity index (χ2n) is 6.05. The molecule has 0 aromatic heterocycles. The van der Waals surface area contributed by atoms with Gasteiger partial charge in [0.1, 0.15) is 0 Å². The van der Waals surface area contributed by atoms with E-state index in [0.29, 0.717) is 13.2 Å². The zero-order valence-corrected chi connectivity index (χ0v) is 13.3. The summed E-state index contributed by atoms with van der Waals surface area (Å²) in [5, 5.41) is 3.32. The normalized spacial score (nSPS) is 17.5. The van der Waals surface area contributed by atoms with E-state index in [-0.39, 0.29) is 11.3 Å². The zero-order valence-electron chi connectivity index (χ0n) is 13.3. The fourth-order valence-electron chi connectivity index (χ4n) is 3.12. The molecular weight excluding hydrogens is 264 g/mol. The summed E-state index contributed by atoms with van der Waals surface area (Å²) in [5.74, 6) is 0.203. The third-order valence-corrected chi connectivity index (χ3v) is 4.45. The minimum absolute atomic E-state index is 0.203. The fraction of sp³-hybridized carbons (Fsp3) is 0.588. The molecule has 1 fully saturated rings. The Bertz CT molecular complexity index is 476. The number of hydrogen-bond acceptors (Lipinski definition) is 3. The number of nitrogens with zero attached hydrogens (tertiary/aromatic N) is 1. The molecule has 0 saturated carbocycles. The molecule has 0 unspecified atom stereocenters. The Hall–Kier alpha value is -1.39. The van der Waals surface area contributed by atoms with Crippen LogP contribution in [0.4, 0.5) is 0 Å². The first kappa shape index (κ1) is 16.0. The van der Waals surface area contributed by atoms with E-state index >= 15 is 0 Å². The molecule has 0 aliphatic carbocycles. The molecule has 0 spiro atoms. The molecule has 0 radical (unpaired) electrons. The Labute approximate surface area is 127 Å². The van der Waals surface area contributed by atoms with Crippen molar-refractivity contribution in [3.8, 4) is 0 Å². The van der Waals surface area contributed by atoms with Crippen LogP contribution >= 0.6 is 0 Å². The van der Waals surface area contributed by atoms with E-state index in [2.05, 4.69) is 24.4 Å². The number of rotatable bonds is 5. The Morgan fingerprint density at radius 1 is 1.33 bits per heavy atom. The average Bonchev–Trinajstić information content (AvgIpc) is 2.50. The minimum atomic E-state index is -0.364. The average molecular weight is 290 g/mol.